The van der Waals surface area contributed by atoms with Crippen molar-refractivity contribution in [3.63, 3.8) is 0 Å². The Labute approximate surface area is 252 Å². The maximum absolute atomic E-state index is 14.7. The first-order chi connectivity index (χ1) is 20.9. The van der Waals surface area contributed by atoms with E-state index >= 15 is 0 Å². The molecule has 3 fully saturated rings. The second kappa shape index (κ2) is 12.6. The van der Waals surface area contributed by atoms with Gasteiger partial charge >= 0.3 is 6.01 Å². The first kappa shape index (κ1) is 29.6. The van der Waals surface area contributed by atoms with Crippen molar-refractivity contribution in [2.45, 2.75) is 83.9 Å². The standard InChI is InChI=1S/C26H29FN4O4.C7H13N/c1-3-18-19(27)8-7-15-12-17(33)13-21(22(15)18)31-14-20-23(25(31)34)24(29-26(28-20)35-4-2)30-10-5-6-16(32)9-11-30;1-3-7-4-2-6-8(7)5-1/h7-8,12-13,16,32-33H,3-6,9-11,14H2,1-2H3;7H,1-6H2. The van der Waals surface area contributed by atoms with Gasteiger partial charge in [-0.1, -0.05) is 13.0 Å². The van der Waals surface area contributed by atoms with Crippen LogP contribution < -0.4 is 14.5 Å². The zero-order chi connectivity index (χ0) is 30.1. The van der Waals surface area contributed by atoms with E-state index in [9.17, 15) is 19.4 Å². The van der Waals surface area contributed by atoms with Crippen LogP contribution in [0.4, 0.5) is 15.9 Å². The number of fused-ring (bicyclic) bond motifs is 3. The van der Waals surface area contributed by atoms with E-state index in [-0.39, 0.29) is 36.1 Å². The number of amides is 1. The van der Waals surface area contributed by atoms with Crippen LogP contribution in [0.15, 0.2) is 24.3 Å². The van der Waals surface area contributed by atoms with Crippen molar-refractivity contribution in [1.29, 1.82) is 0 Å². The fraction of sp³-hybridized carbons (Fsp3) is 0.545. The average molecular weight is 592 g/mol. The lowest BCUT2D eigenvalue weighted by Crippen LogP contribution is -2.29. The van der Waals surface area contributed by atoms with E-state index in [1.54, 1.807) is 12.1 Å². The quantitative estimate of drug-likeness (QED) is 0.418. The molecule has 0 aliphatic carbocycles. The highest BCUT2D eigenvalue weighted by Gasteiger charge is 2.37. The molecular formula is C33H42FN5O4. The fourth-order valence-electron chi connectivity index (χ4n) is 7.15. The summed E-state index contributed by atoms with van der Waals surface area (Å²) in [7, 11) is 0. The van der Waals surface area contributed by atoms with Crippen molar-refractivity contribution in [3.05, 3.63) is 46.9 Å². The van der Waals surface area contributed by atoms with Gasteiger partial charge in [0.2, 0.25) is 0 Å². The summed E-state index contributed by atoms with van der Waals surface area (Å²) in [6.45, 7) is 8.23. The number of ether oxygens (including phenoxy) is 1. The second-order valence-corrected chi connectivity index (χ2v) is 12.0. The Balaban J connectivity index is 0.000000352. The Morgan fingerprint density at radius 1 is 1.00 bits per heavy atom. The highest BCUT2D eigenvalue weighted by molar-refractivity contribution is 6.16. The van der Waals surface area contributed by atoms with Crippen molar-refractivity contribution in [3.8, 4) is 11.8 Å². The van der Waals surface area contributed by atoms with Gasteiger partial charge in [0, 0.05) is 30.6 Å². The summed E-state index contributed by atoms with van der Waals surface area (Å²) in [5, 5.41) is 21.8. The molecule has 2 N–H and O–H groups in total. The molecule has 9 nitrogen and oxygen atoms in total. The molecular weight excluding hydrogens is 549 g/mol. The highest BCUT2D eigenvalue weighted by atomic mass is 19.1. The first-order valence-corrected chi connectivity index (χ1v) is 15.8. The van der Waals surface area contributed by atoms with Crippen LogP contribution in [0.1, 0.15) is 80.4 Å². The highest BCUT2D eigenvalue weighted by Crippen LogP contribution is 2.41. The number of hydrogen-bond acceptors (Lipinski definition) is 8. The minimum Gasteiger partial charge on any atom is -0.508 e. The van der Waals surface area contributed by atoms with Crippen LogP contribution in [-0.2, 0) is 13.0 Å². The van der Waals surface area contributed by atoms with Gasteiger partial charge in [-0.25, -0.2) is 4.39 Å². The lowest BCUT2D eigenvalue weighted by molar-refractivity contribution is 0.0997. The van der Waals surface area contributed by atoms with Gasteiger partial charge in [-0.05, 0) is 94.5 Å². The molecule has 10 heteroatoms. The Bertz CT molecular complexity index is 1480. The van der Waals surface area contributed by atoms with E-state index in [0.717, 1.165) is 12.5 Å². The average Bonchev–Trinajstić information content (AvgIpc) is 3.67. The number of rotatable bonds is 5. The molecule has 4 aliphatic rings. The molecule has 0 saturated carbocycles. The molecule has 4 aliphatic heterocycles. The van der Waals surface area contributed by atoms with Crippen LogP contribution in [0.5, 0.6) is 11.8 Å². The zero-order valence-electron chi connectivity index (χ0n) is 25.2. The first-order valence-electron chi connectivity index (χ1n) is 15.8. The van der Waals surface area contributed by atoms with E-state index in [1.807, 2.05) is 18.7 Å². The van der Waals surface area contributed by atoms with Gasteiger partial charge < -0.3 is 29.6 Å². The maximum Gasteiger partial charge on any atom is 0.318 e. The van der Waals surface area contributed by atoms with Gasteiger partial charge in [0.1, 0.15) is 22.9 Å². The molecule has 1 unspecified atom stereocenters. The van der Waals surface area contributed by atoms with Crippen LogP contribution >= 0.6 is 0 Å². The summed E-state index contributed by atoms with van der Waals surface area (Å²) in [6, 6.07) is 7.28. The van der Waals surface area contributed by atoms with Gasteiger partial charge in [0.05, 0.1) is 30.6 Å². The van der Waals surface area contributed by atoms with Crippen molar-refractivity contribution >= 4 is 28.2 Å². The number of aliphatic hydroxyl groups is 1. The van der Waals surface area contributed by atoms with Crippen molar-refractivity contribution in [1.82, 2.24) is 14.9 Å². The largest absolute Gasteiger partial charge is 0.508 e. The topological polar surface area (TPSA) is 102 Å². The molecule has 43 heavy (non-hydrogen) atoms. The summed E-state index contributed by atoms with van der Waals surface area (Å²) in [6.07, 6.45) is 8.01. The lowest BCUT2D eigenvalue weighted by atomic mass is 9.99. The van der Waals surface area contributed by atoms with E-state index in [0.29, 0.717) is 78.1 Å². The van der Waals surface area contributed by atoms with Gasteiger partial charge in [-0.3, -0.25) is 4.79 Å². The number of aromatic nitrogens is 2. The molecule has 3 saturated heterocycles. The SMILES string of the molecule is C1CC2CCCN2C1.CCOc1nc2c(c(N3CCCC(O)CC3)n1)C(=O)N(c1cc(O)cc3ccc(F)c(CC)c13)C2. The van der Waals surface area contributed by atoms with Crippen LogP contribution in [0.2, 0.25) is 0 Å². The molecule has 1 atom stereocenters. The number of phenols is 1. The number of nitrogens with zero attached hydrogens (tertiary/aromatic N) is 5. The number of aromatic hydroxyl groups is 1. The minimum atomic E-state index is -0.380. The molecule has 7 rings (SSSR count). The molecule has 0 spiro atoms. The number of halogens is 1. The third-order valence-electron chi connectivity index (χ3n) is 9.24. The summed E-state index contributed by atoms with van der Waals surface area (Å²) in [5.74, 6) is -0.168. The third kappa shape index (κ3) is 5.87. The van der Waals surface area contributed by atoms with Gasteiger partial charge in [0.15, 0.2) is 0 Å². The maximum atomic E-state index is 14.7. The Morgan fingerprint density at radius 2 is 1.77 bits per heavy atom. The molecule has 2 aromatic carbocycles. The van der Waals surface area contributed by atoms with Crippen LogP contribution in [0.25, 0.3) is 10.8 Å². The normalized spacial score (nSPS) is 20.7. The lowest BCUT2D eigenvalue weighted by Gasteiger charge is -2.24. The molecule has 0 bridgehead atoms. The predicted molar refractivity (Wildman–Crippen MR) is 165 cm³/mol. The number of carbonyl (C=O) groups excluding carboxylic acids is 1. The Kier molecular flexibility index (Phi) is 8.68. The molecule has 3 aromatic rings. The van der Waals surface area contributed by atoms with Gasteiger partial charge in [-0.15, -0.1) is 0 Å². The monoisotopic (exact) mass is 591 g/mol. The molecule has 0 radical (unpaired) electrons. The minimum absolute atomic E-state index is 0.00673. The number of aliphatic hydroxyl groups excluding tert-OH is 1. The molecule has 230 valence electrons. The molecule has 1 aromatic heterocycles. The third-order valence-corrected chi connectivity index (χ3v) is 9.24. The predicted octanol–water partition coefficient (Wildman–Crippen LogP) is 5.19. The van der Waals surface area contributed by atoms with E-state index < -0.39 is 0 Å². The molecule has 5 heterocycles. The Morgan fingerprint density at radius 3 is 2.49 bits per heavy atom. The number of hydrogen-bond donors (Lipinski definition) is 2. The number of aryl methyl sites for hydroxylation is 1. The van der Waals surface area contributed by atoms with E-state index in [1.165, 1.54) is 55.8 Å². The van der Waals surface area contributed by atoms with Gasteiger partial charge in [-0.2, -0.15) is 9.97 Å². The number of benzene rings is 2. The zero-order valence-corrected chi connectivity index (χ0v) is 25.2. The smallest absolute Gasteiger partial charge is 0.318 e. The summed E-state index contributed by atoms with van der Waals surface area (Å²) < 4.78 is 20.3. The summed E-state index contributed by atoms with van der Waals surface area (Å²) in [5.41, 5.74) is 1.84. The second-order valence-electron chi connectivity index (χ2n) is 12.0. The van der Waals surface area contributed by atoms with Crippen molar-refractivity contribution in [2.75, 3.05) is 42.6 Å². The van der Waals surface area contributed by atoms with Crippen LogP contribution in [0, 0.1) is 5.82 Å². The van der Waals surface area contributed by atoms with Crippen molar-refractivity contribution < 1.29 is 24.1 Å². The number of carbonyl (C=O) groups is 1. The van der Waals surface area contributed by atoms with Crippen LogP contribution in [-0.4, -0.2) is 75.9 Å². The fourth-order valence-corrected chi connectivity index (χ4v) is 7.15. The summed E-state index contributed by atoms with van der Waals surface area (Å²) in [4.78, 5) is 29.2. The number of anilines is 2. The number of phenolic OH excluding ortho intramolecular Hbond substituents is 1. The summed E-state index contributed by atoms with van der Waals surface area (Å²) >= 11 is 0. The van der Waals surface area contributed by atoms with Crippen molar-refractivity contribution in [2.24, 2.45) is 0 Å². The van der Waals surface area contributed by atoms with Crippen LogP contribution in [0.3, 0.4) is 0 Å². The Hall–Kier alpha value is -3.50. The van der Waals surface area contributed by atoms with E-state index in [2.05, 4.69) is 14.9 Å². The van der Waals surface area contributed by atoms with Gasteiger partial charge in [0.25, 0.3) is 5.91 Å². The van der Waals surface area contributed by atoms with E-state index in [4.69, 9.17) is 4.74 Å². The molecule has 1 amide bonds.